The summed E-state index contributed by atoms with van der Waals surface area (Å²) in [6.07, 6.45) is 0. The Bertz CT molecular complexity index is 564. The van der Waals surface area contributed by atoms with Crippen molar-refractivity contribution < 1.29 is 29.0 Å². The fourth-order valence-corrected chi connectivity index (χ4v) is 3.06. The number of aliphatic carboxylic acids is 1. The molecule has 0 bridgehead atoms. The van der Waals surface area contributed by atoms with Gasteiger partial charge >= 0.3 is 23.6 Å². The SMILES string of the molecule is CC(=O)OCC1=C(C(=O)O)N2C(=O)C(=[N+]=[N-])C2SC1. The largest absolute Gasteiger partial charge is 0.477 e. The van der Waals surface area contributed by atoms with E-state index < -0.39 is 23.2 Å². The Balaban J connectivity index is 2.32. The molecule has 100 valence electrons. The van der Waals surface area contributed by atoms with Gasteiger partial charge < -0.3 is 15.4 Å². The number of esters is 1. The zero-order chi connectivity index (χ0) is 14.2. The molecule has 0 saturated carbocycles. The van der Waals surface area contributed by atoms with Gasteiger partial charge in [0, 0.05) is 18.2 Å². The standard InChI is InChI=1S/C10H9N3O5S/c1-4(14)18-2-5-3-19-9-6(12-11)8(15)13(9)7(5)10(16)17/h9H,2-3H2,1H3,(H,16,17). The van der Waals surface area contributed by atoms with Crippen molar-refractivity contribution in [3.05, 3.63) is 16.8 Å². The zero-order valence-corrected chi connectivity index (χ0v) is 10.6. The molecule has 2 rings (SSSR count). The van der Waals surface area contributed by atoms with Gasteiger partial charge in [0.25, 0.3) is 0 Å². The lowest BCUT2D eigenvalue weighted by atomic mass is 10.1. The van der Waals surface area contributed by atoms with Crippen LogP contribution in [0.5, 0.6) is 0 Å². The van der Waals surface area contributed by atoms with E-state index in [9.17, 15) is 14.4 Å². The molecule has 8 nitrogen and oxygen atoms in total. The molecule has 1 fully saturated rings. The number of thioether (sulfide) groups is 1. The lowest BCUT2D eigenvalue weighted by Crippen LogP contribution is -2.62. The summed E-state index contributed by atoms with van der Waals surface area (Å²) in [5, 5.41) is 8.58. The highest BCUT2D eigenvalue weighted by Crippen LogP contribution is 2.37. The van der Waals surface area contributed by atoms with Crippen molar-refractivity contribution in [1.29, 1.82) is 0 Å². The van der Waals surface area contributed by atoms with E-state index in [0.717, 1.165) is 4.90 Å². The third-order valence-corrected chi connectivity index (χ3v) is 3.92. The van der Waals surface area contributed by atoms with E-state index in [1.807, 2.05) is 0 Å². The monoisotopic (exact) mass is 283 g/mol. The third-order valence-electron chi connectivity index (χ3n) is 2.66. The number of carboxylic acids is 1. The second-order valence-electron chi connectivity index (χ2n) is 3.86. The van der Waals surface area contributed by atoms with Crippen LogP contribution >= 0.6 is 11.8 Å². The predicted octanol–water partition coefficient (Wildman–Crippen LogP) is -0.526. The number of nitrogens with zero attached hydrogens (tertiary/aromatic N) is 3. The van der Waals surface area contributed by atoms with E-state index >= 15 is 0 Å². The minimum Gasteiger partial charge on any atom is -0.477 e. The summed E-state index contributed by atoms with van der Waals surface area (Å²) >= 11 is 1.23. The number of hydrogen-bond acceptors (Lipinski definition) is 5. The Labute approximate surface area is 111 Å². The van der Waals surface area contributed by atoms with Crippen LogP contribution in [-0.2, 0) is 19.1 Å². The number of β-lactam (4-membered cyclic amide) rings is 1. The van der Waals surface area contributed by atoms with Crippen LogP contribution in [-0.4, -0.2) is 56.1 Å². The molecule has 1 amide bonds. The Morgan fingerprint density at radius 1 is 1.63 bits per heavy atom. The van der Waals surface area contributed by atoms with Gasteiger partial charge in [-0.1, -0.05) is 0 Å². The molecule has 9 heteroatoms. The molecule has 1 N–H and O–H groups in total. The van der Waals surface area contributed by atoms with Gasteiger partial charge in [-0.2, -0.15) is 4.79 Å². The minimum atomic E-state index is -1.28. The lowest BCUT2D eigenvalue weighted by molar-refractivity contribution is -0.143. The fraction of sp³-hybridized carbons (Fsp3) is 0.400. The number of carboxylic acid groups (broad SMARTS) is 1. The second-order valence-corrected chi connectivity index (χ2v) is 4.93. The summed E-state index contributed by atoms with van der Waals surface area (Å²) in [5.74, 6) is -2.19. The molecule has 0 aliphatic carbocycles. The van der Waals surface area contributed by atoms with Crippen LogP contribution in [0.2, 0.25) is 0 Å². The molecule has 0 aromatic heterocycles. The van der Waals surface area contributed by atoms with Crippen LogP contribution < -0.4 is 0 Å². The van der Waals surface area contributed by atoms with Crippen molar-refractivity contribution in [2.75, 3.05) is 12.4 Å². The maximum absolute atomic E-state index is 11.6. The van der Waals surface area contributed by atoms with E-state index in [2.05, 4.69) is 4.79 Å². The van der Waals surface area contributed by atoms with Gasteiger partial charge in [0.05, 0.1) is 0 Å². The molecule has 0 aromatic carbocycles. The van der Waals surface area contributed by atoms with Crippen molar-refractivity contribution >= 4 is 35.3 Å². The Morgan fingerprint density at radius 2 is 2.32 bits per heavy atom. The first-order valence-corrected chi connectivity index (χ1v) is 6.28. The summed E-state index contributed by atoms with van der Waals surface area (Å²) in [6.45, 7) is 1.04. The van der Waals surface area contributed by atoms with E-state index in [1.54, 1.807) is 0 Å². The van der Waals surface area contributed by atoms with Crippen LogP contribution in [0.25, 0.3) is 5.53 Å². The summed E-state index contributed by atoms with van der Waals surface area (Å²) in [7, 11) is 0. The number of fused-ring (bicyclic) bond motifs is 1. The van der Waals surface area contributed by atoms with Gasteiger partial charge in [0.15, 0.2) is 5.37 Å². The highest BCUT2D eigenvalue weighted by atomic mass is 32.2. The van der Waals surface area contributed by atoms with Crippen molar-refractivity contribution in [3.8, 4) is 0 Å². The van der Waals surface area contributed by atoms with Crippen LogP contribution in [0.1, 0.15) is 6.92 Å². The quantitative estimate of drug-likeness (QED) is 0.322. The average molecular weight is 283 g/mol. The predicted molar refractivity (Wildman–Crippen MR) is 63.0 cm³/mol. The molecule has 2 aliphatic rings. The summed E-state index contributed by atoms with van der Waals surface area (Å²) in [4.78, 5) is 37.5. The molecular formula is C10H9N3O5S. The van der Waals surface area contributed by atoms with Crippen LogP contribution in [0.3, 0.4) is 0 Å². The topological polar surface area (TPSA) is 120 Å². The maximum atomic E-state index is 11.6. The number of ether oxygens (including phenoxy) is 1. The highest BCUT2D eigenvalue weighted by Gasteiger charge is 2.57. The zero-order valence-electron chi connectivity index (χ0n) is 9.82. The van der Waals surface area contributed by atoms with Gasteiger partial charge in [-0.05, 0) is 0 Å². The maximum Gasteiger partial charge on any atom is 0.389 e. The van der Waals surface area contributed by atoms with Gasteiger partial charge in [0.1, 0.15) is 12.3 Å². The van der Waals surface area contributed by atoms with Crippen LogP contribution in [0, 0.1) is 0 Å². The molecule has 2 aliphatic heterocycles. The number of hydrogen-bond donors (Lipinski definition) is 1. The molecule has 0 aromatic rings. The summed E-state index contributed by atoms with van der Waals surface area (Å²) in [5.41, 5.74) is 8.72. The summed E-state index contributed by atoms with van der Waals surface area (Å²) in [6, 6.07) is 0. The minimum absolute atomic E-state index is 0.0738. The van der Waals surface area contributed by atoms with E-state index in [-0.39, 0.29) is 23.8 Å². The van der Waals surface area contributed by atoms with Crippen molar-refractivity contribution in [1.82, 2.24) is 4.90 Å². The Kier molecular flexibility index (Phi) is 3.41. The molecule has 0 spiro atoms. The van der Waals surface area contributed by atoms with Gasteiger partial charge in [0.2, 0.25) is 0 Å². The van der Waals surface area contributed by atoms with E-state index in [4.69, 9.17) is 15.4 Å². The first-order chi connectivity index (χ1) is 8.97. The lowest BCUT2D eigenvalue weighted by Gasteiger charge is -2.39. The number of carbonyl (C=O) groups excluding carboxylic acids is 2. The van der Waals surface area contributed by atoms with Gasteiger partial charge in [-0.15, -0.1) is 11.8 Å². The molecule has 2 heterocycles. The third kappa shape index (κ3) is 2.13. The first kappa shape index (κ1) is 13.3. The van der Waals surface area contributed by atoms with E-state index in [1.165, 1.54) is 18.7 Å². The second kappa shape index (κ2) is 4.87. The molecule has 0 radical (unpaired) electrons. The molecule has 19 heavy (non-hydrogen) atoms. The molecule has 1 atom stereocenters. The first-order valence-electron chi connectivity index (χ1n) is 5.23. The number of rotatable bonds is 3. The molecule has 1 saturated heterocycles. The average Bonchev–Trinajstić information content (AvgIpc) is 2.35. The van der Waals surface area contributed by atoms with Crippen molar-refractivity contribution in [2.24, 2.45) is 0 Å². The highest BCUT2D eigenvalue weighted by molar-refractivity contribution is 8.01. The fourth-order valence-electron chi connectivity index (χ4n) is 1.83. The van der Waals surface area contributed by atoms with Crippen LogP contribution in [0.4, 0.5) is 0 Å². The van der Waals surface area contributed by atoms with Crippen molar-refractivity contribution in [2.45, 2.75) is 12.3 Å². The molecular weight excluding hydrogens is 274 g/mol. The van der Waals surface area contributed by atoms with Gasteiger partial charge in [-0.25, -0.2) is 4.79 Å². The Morgan fingerprint density at radius 3 is 2.84 bits per heavy atom. The van der Waals surface area contributed by atoms with Gasteiger partial charge in [-0.3, -0.25) is 14.5 Å². The normalized spacial score (nSPS) is 21.5. The van der Waals surface area contributed by atoms with E-state index in [0.29, 0.717) is 5.57 Å². The molecule has 1 unspecified atom stereocenters. The smallest absolute Gasteiger partial charge is 0.389 e. The van der Waals surface area contributed by atoms with Crippen molar-refractivity contribution in [3.63, 3.8) is 0 Å². The van der Waals surface area contributed by atoms with Crippen LogP contribution in [0.15, 0.2) is 11.3 Å². The number of carbonyl (C=O) groups is 3. The number of amides is 1. The summed E-state index contributed by atoms with van der Waals surface area (Å²) < 4.78 is 4.77. The Hall–Kier alpha value is -2.12.